The van der Waals surface area contributed by atoms with Crippen LogP contribution in [0.2, 0.25) is 0 Å². The van der Waals surface area contributed by atoms with Crippen LogP contribution < -0.4 is 9.62 Å². The number of anilines is 1. The van der Waals surface area contributed by atoms with Crippen LogP contribution in [0, 0.1) is 6.92 Å². The van der Waals surface area contributed by atoms with Crippen molar-refractivity contribution in [3.63, 3.8) is 0 Å². The van der Waals surface area contributed by atoms with Crippen molar-refractivity contribution in [2.24, 2.45) is 0 Å². The fourth-order valence-electron chi connectivity index (χ4n) is 1.60. The third kappa shape index (κ3) is 4.83. The van der Waals surface area contributed by atoms with E-state index in [4.69, 9.17) is 0 Å². The lowest BCUT2D eigenvalue weighted by molar-refractivity contribution is -0.118. The number of carbonyl (C=O) groups is 1. The summed E-state index contributed by atoms with van der Waals surface area (Å²) in [4.78, 5) is 10.8. The normalized spacial score (nSPS) is 11.2. The molecule has 1 aromatic carbocycles. The summed E-state index contributed by atoms with van der Waals surface area (Å²) in [6, 6.07) is 5.33. The molecule has 0 atom stereocenters. The van der Waals surface area contributed by atoms with Gasteiger partial charge in [0, 0.05) is 17.9 Å². The summed E-state index contributed by atoms with van der Waals surface area (Å²) in [6.45, 7) is 3.77. The number of carbonyl (C=O) groups excluding carboxylic acids is 1. The minimum absolute atomic E-state index is 0.180. The summed E-state index contributed by atoms with van der Waals surface area (Å²) < 4.78 is 25.8. The van der Waals surface area contributed by atoms with Gasteiger partial charge in [-0.05, 0) is 30.7 Å². The molecule has 0 bridgehead atoms. The molecule has 1 aromatic rings. The van der Waals surface area contributed by atoms with Crippen molar-refractivity contribution < 1.29 is 13.2 Å². The second-order valence-corrected chi connectivity index (χ2v) is 7.01. The van der Waals surface area contributed by atoms with Crippen molar-refractivity contribution >= 4 is 37.5 Å². The van der Waals surface area contributed by atoms with E-state index in [9.17, 15) is 13.2 Å². The van der Waals surface area contributed by atoms with Gasteiger partial charge in [-0.15, -0.1) is 0 Å². The first kappa shape index (κ1) is 16.0. The number of sulfonamides is 1. The molecule has 7 heteroatoms. The van der Waals surface area contributed by atoms with E-state index in [1.165, 1.54) is 11.2 Å². The molecule has 0 heterocycles. The van der Waals surface area contributed by atoms with Gasteiger partial charge < -0.3 is 5.32 Å². The van der Waals surface area contributed by atoms with Gasteiger partial charge in [-0.25, -0.2) is 8.42 Å². The van der Waals surface area contributed by atoms with Crippen LogP contribution in [0.15, 0.2) is 22.7 Å². The molecule has 0 aliphatic carbocycles. The van der Waals surface area contributed by atoms with Crippen molar-refractivity contribution in [2.75, 3.05) is 23.7 Å². The van der Waals surface area contributed by atoms with E-state index in [2.05, 4.69) is 21.2 Å². The largest absolute Gasteiger partial charge is 0.355 e. The molecule has 0 aromatic heterocycles. The molecule has 0 spiro atoms. The number of hydrogen-bond donors (Lipinski definition) is 1. The molecule has 0 saturated heterocycles. The number of aryl methyl sites for hydroxylation is 1. The van der Waals surface area contributed by atoms with E-state index in [0.717, 1.165) is 16.3 Å². The molecular weight excluding hydrogens is 332 g/mol. The minimum Gasteiger partial charge on any atom is -0.355 e. The Morgan fingerprint density at radius 3 is 2.53 bits per heavy atom. The molecule has 1 rings (SSSR count). The lowest BCUT2D eigenvalue weighted by atomic mass is 10.2. The lowest BCUT2D eigenvalue weighted by Gasteiger charge is -2.23. The van der Waals surface area contributed by atoms with Gasteiger partial charge in [-0.1, -0.05) is 15.9 Å². The van der Waals surface area contributed by atoms with E-state index in [0.29, 0.717) is 5.69 Å². The highest BCUT2D eigenvalue weighted by molar-refractivity contribution is 9.10. The highest BCUT2D eigenvalue weighted by Gasteiger charge is 2.17. The van der Waals surface area contributed by atoms with Crippen LogP contribution in [0.25, 0.3) is 0 Å². The van der Waals surface area contributed by atoms with Crippen LogP contribution in [-0.2, 0) is 14.8 Å². The molecule has 0 saturated carbocycles. The number of halogens is 1. The van der Waals surface area contributed by atoms with Crippen LogP contribution in [0.3, 0.4) is 0 Å². The van der Waals surface area contributed by atoms with E-state index in [1.54, 1.807) is 18.2 Å². The first-order valence-electron chi connectivity index (χ1n) is 5.70. The lowest BCUT2D eigenvalue weighted by Crippen LogP contribution is -2.37. The average Bonchev–Trinajstić information content (AvgIpc) is 2.26. The third-order valence-corrected chi connectivity index (χ3v) is 4.60. The van der Waals surface area contributed by atoms with E-state index in [1.807, 2.05) is 6.92 Å². The maximum absolute atomic E-state index is 11.8. The van der Waals surface area contributed by atoms with Gasteiger partial charge in [0.25, 0.3) is 0 Å². The maximum atomic E-state index is 11.8. The van der Waals surface area contributed by atoms with Crippen molar-refractivity contribution in [3.8, 4) is 0 Å². The summed E-state index contributed by atoms with van der Waals surface area (Å²) in [5, 5.41) is 2.59. The molecular formula is C12H17BrN2O3S. The predicted molar refractivity (Wildman–Crippen MR) is 79.8 cm³/mol. The van der Waals surface area contributed by atoms with Gasteiger partial charge in [-0.2, -0.15) is 0 Å². The van der Waals surface area contributed by atoms with Crippen LogP contribution in [-0.4, -0.2) is 33.7 Å². The van der Waals surface area contributed by atoms with E-state index < -0.39 is 10.0 Å². The second kappa shape index (κ2) is 6.38. The Hall–Kier alpha value is -1.08. The Balaban J connectivity index is 2.97. The molecule has 0 radical (unpaired) electrons. The van der Waals surface area contributed by atoms with Crippen LogP contribution in [0.5, 0.6) is 0 Å². The Morgan fingerprint density at radius 2 is 2.05 bits per heavy atom. The first-order chi connectivity index (χ1) is 8.71. The number of hydrogen-bond acceptors (Lipinski definition) is 3. The van der Waals surface area contributed by atoms with Crippen molar-refractivity contribution in [1.82, 2.24) is 5.32 Å². The smallest absolute Gasteiger partial charge is 0.232 e. The predicted octanol–water partition coefficient (Wildman–Crippen LogP) is 1.66. The average molecular weight is 349 g/mol. The van der Waals surface area contributed by atoms with Gasteiger partial charge in [0.2, 0.25) is 15.9 Å². The van der Waals surface area contributed by atoms with Gasteiger partial charge in [-0.3, -0.25) is 9.10 Å². The van der Waals surface area contributed by atoms with Gasteiger partial charge in [0.15, 0.2) is 0 Å². The summed E-state index contributed by atoms with van der Waals surface area (Å²) in [6.07, 6.45) is 1.15. The molecule has 1 amide bonds. The summed E-state index contributed by atoms with van der Waals surface area (Å²) in [5.74, 6) is -0.180. The number of nitrogens with one attached hydrogen (secondary N) is 1. The molecule has 5 nitrogen and oxygen atoms in total. The quantitative estimate of drug-likeness (QED) is 0.879. The highest BCUT2D eigenvalue weighted by Crippen LogP contribution is 2.24. The van der Waals surface area contributed by atoms with Gasteiger partial charge >= 0.3 is 0 Å². The van der Waals surface area contributed by atoms with E-state index in [-0.39, 0.29) is 19.0 Å². The number of benzene rings is 1. The molecule has 0 fully saturated rings. The third-order valence-electron chi connectivity index (χ3n) is 2.52. The molecule has 1 N–H and O–H groups in total. The zero-order valence-corrected chi connectivity index (χ0v) is 13.5. The van der Waals surface area contributed by atoms with Crippen LogP contribution in [0.4, 0.5) is 5.69 Å². The van der Waals surface area contributed by atoms with Crippen molar-refractivity contribution in [3.05, 3.63) is 28.2 Å². The fraction of sp³-hybridized carbons (Fsp3) is 0.417. The topological polar surface area (TPSA) is 66.5 Å². The minimum atomic E-state index is -3.38. The first-order valence-corrected chi connectivity index (χ1v) is 8.34. The standard InChI is InChI=1S/C12H17BrN2O3S/c1-9-8-11(4-5-12(9)13)15(19(3,17)18)7-6-14-10(2)16/h4-5,8H,6-7H2,1-3H3,(H,14,16). The zero-order valence-electron chi connectivity index (χ0n) is 11.1. The van der Waals surface area contributed by atoms with E-state index >= 15 is 0 Å². The second-order valence-electron chi connectivity index (χ2n) is 4.25. The van der Waals surface area contributed by atoms with Gasteiger partial charge in [0.05, 0.1) is 18.5 Å². The zero-order chi connectivity index (χ0) is 14.6. The molecule has 0 unspecified atom stereocenters. The monoisotopic (exact) mass is 348 g/mol. The molecule has 0 aliphatic rings. The SMILES string of the molecule is CC(=O)NCCN(c1ccc(Br)c(C)c1)S(C)(=O)=O. The maximum Gasteiger partial charge on any atom is 0.232 e. The number of rotatable bonds is 5. The number of nitrogens with zero attached hydrogens (tertiary/aromatic N) is 1. The van der Waals surface area contributed by atoms with Crippen molar-refractivity contribution in [1.29, 1.82) is 0 Å². The number of amides is 1. The fourth-order valence-corrected chi connectivity index (χ4v) is 2.77. The van der Waals surface area contributed by atoms with Crippen LogP contribution >= 0.6 is 15.9 Å². The van der Waals surface area contributed by atoms with Crippen molar-refractivity contribution in [2.45, 2.75) is 13.8 Å². The van der Waals surface area contributed by atoms with Gasteiger partial charge in [0.1, 0.15) is 0 Å². The Kier molecular flexibility index (Phi) is 5.37. The highest BCUT2D eigenvalue weighted by atomic mass is 79.9. The molecule has 0 aliphatic heterocycles. The summed E-state index contributed by atoms with van der Waals surface area (Å²) in [5.41, 5.74) is 1.54. The van der Waals surface area contributed by atoms with Crippen LogP contribution in [0.1, 0.15) is 12.5 Å². The summed E-state index contributed by atoms with van der Waals surface area (Å²) in [7, 11) is -3.38. The summed E-state index contributed by atoms with van der Waals surface area (Å²) >= 11 is 3.38. The molecule has 106 valence electrons. The Bertz CT molecular complexity index is 572. The Morgan fingerprint density at radius 1 is 1.42 bits per heavy atom. The Labute approximate surface area is 122 Å². The molecule has 19 heavy (non-hydrogen) atoms.